The van der Waals surface area contributed by atoms with E-state index in [2.05, 4.69) is 6.07 Å². The molecule has 126 valence electrons. The molecule has 2 fully saturated rings. The Morgan fingerprint density at radius 3 is 2.50 bits per heavy atom. The number of fused-ring (bicyclic) bond motifs is 1. The van der Waals surface area contributed by atoms with Gasteiger partial charge in [-0.25, -0.2) is 0 Å². The number of methoxy groups -OCH3 is 1. The number of carbonyl (C=O) groups is 1. The van der Waals surface area contributed by atoms with Crippen LogP contribution >= 0.6 is 0 Å². The second kappa shape index (κ2) is 5.51. The molecule has 4 heteroatoms. The third-order valence-corrected chi connectivity index (χ3v) is 6.17. The normalized spacial score (nSPS) is 23.6. The molecule has 1 aromatic carbocycles. The molecule has 2 saturated carbocycles. The van der Waals surface area contributed by atoms with Crippen LogP contribution in [0.1, 0.15) is 62.5 Å². The molecule has 1 aromatic rings. The Balaban J connectivity index is 1.80. The molecule has 0 N–H and O–H groups in total. The Bertz CT molecular complexity index is 715. The van der Waals surface area contributed by atoms with Gasteiger partial charge in [-0.3, -0.25) is 4.79 Å². The number of ether oxygens (including phenoxy) is 2. The van der Waals surface area contributed by atoms with Crippen LogP contribution in [0.2, 0.25) is 0 Å². The average molecular weight is 325 g/mol. The number of Topliss-reactive ketones (excluding diaryl/α,β-unsaturated/α-hetero) is 1. The number of benzene rings is 1. The van der Waals surface area contributed by atoms with Crippen molar-refractivity contribution >= 4 is 5.78 Å². The number of nitriles is 1. The van der Waals surface area contributed by atoms with Crippen molar-refractivity contribution in [2.45, 2.75) is 68.8 Å². The molecule has 1 heterocycles. The fourth-order valence-corrected chi connectivity index (χ4v) is 4.77. The van der Waals surface area contributed by atoms with Crippen molar-refractivity contribution < 1.29 is 14.3 Å². The molecule has 1 spiro atoms. The van der Waals surface area contributed by atoms with Gasteiger partial charge in [-0.15, -0.1) is 0 Å². The number of rotatable bonds is 2. The first-order valence-corrected chi connectivity index (χ1v) is 8.94. The predicted octanol–water partition coefficient (Wildman–Crippen LogP) is 3.85. The molecule has 24 heavy (non-hydrogen) atoms. The molecule has 3 aliphatic rings. The molecule has 0 unspecified atom stereocenters. The first-order chi connectivity index (χ1) is 11.6. The lowest BCUT2D eigenvalue weighted by Crippen LogP contribution is -2.32. The molecular weight excluding hydrogens is 302 g/mol. The highest BCUT2D eigenvalue weighted by Gasteiger charge is 2.47. The first kappa shape index (κ1) is 15.5. The Morgan fingerprint density at radius 2 is 1.88 bits per heavy atom. The van der Waals surface area contributed by atoms with Crippen molar-refractivity contribution in [1.82, 2.24) is 0 Å². The maximum Gasteiger partial charge on any atom is 0.165 e. The quantitative estimate of drug-likeness (QED) is 0.829. The van der Waals surface area contributed by atoms with E-state index in [1.54, 1.807) is 7.11 Å². The number of hydrogen-bond acceptors (Lipinski definition) is 4. The number of nitrogens with zero attached hydrogens (tertiary/aromatic N) is 1. The minimum atomic E-state index is -0.558. The van der Waals surface area contributed by atoms with Crippen molar-refractivity contribution in [2.75, 3.05) is 7.11 Å². The maximum atomic E-state index is 11.7. The topological polar surface area (TPSA) is 59.3 Å². The SMILES string of the molecule is COc1ccc(C2(C#N)CCC(=O)CC2)c2c1OC1(CCCC1)C2. The molecule has 0 bridgehead atoms. The third kappa shape index (κ3) is 2.22. The van der Waals surface area contributed by atoms with Crippen LogP contribution in [0.25, 0.3) is 0 Å². The van der Waals surface area contributed by atoms with Crippen molar-refractivity contribution in [3.63, 3.8) is 0 Å². The lowest BCUT2D eigenvalue weighted by molar-refractivity contribution is -0.120. The van der Waals surface area contributed by atoms with Crippen LogP contribution in [0.5, 0.6) is 11.5 Å². The first-order valence-electron chi connectivity index (χ1n) is 8.94. The van der Waals surface area contributed by atoms with E-state index in [9.17, 15) is 10.1 Å². The van der Waals surface area contributed by atoms with Gasteiger partial charge >= 0.3 is 0 Å². The summed E-state index contributed by atoms with van der Waals surface area (Å²) < 4.78 is 11.9. The standard InChI is InChI=1S/C20H23NO3/c1-23-17-5-4-16(19(13-21)10-6-14(22)7-11-19)15-12-20(24-18(15)17)8-2-3-9-20/h4-5H,2-3,6-12H2,1H3. The van der Waals surface area contributed by atoms with E-state index in [4.69, 9.17) is 9.47 Å². The summed E-state index contributed by atoms with van der Waals surface area (Å²) >= 11 is 0. The molecule has 4 rings (SSSR count). The van der Waals surface area contributed by atoms with Crippen LogP contribution in [0, 0.1) is 11.3 Å². The fourth-order valence-electron chi connectivity index (χ4n) is 4.77. The van der Waals surface area contributed by atoms with Gasteiger partial charge in [-0.05, 0) is 50.2 Å². The van der Waals surface area contributed by atoms with Gasteiger partial charge in [-0.1, -0.05) is 6.07 Å². The Hall–Kier alpha value is -2.02. The molecule has 0 aromatic heterocycles. The largest absolute Gasteiger partial charge is 0.493 e. The summed E-state index contributed by atoms with van der Waals surface area (Å²) in [5, 5.41) is 9.96. The second-order valence-corrected chi connectivity index (χ2v) is 7.52. The molecule has 1 aliphatic heterocycles. The summed E-state index contributed by atoms with van der Waals surface area (Å²) in [5.41, 5.74) is 1.55. The molecule has 0 radical (unpaired) electrons. The molecule has 0 amide bonds. The van der Waals surface area contributed by atoms with Crippen molar-refractivity contribution in [3.8, 4) is 17.6 Å². The van der Waals surface area contributed by atoms with Gasteiger partial charge in [0.15, 0.2) is 11.5 Å². The van der Waals surface area contributed by atoms with Gasteiger partial charge in [0.25, 0.3) is 0 Å². The highest BCUT2D eigenvalue weighted by atomic mass is 16.5. The van der Waals surface area contributed by atoms with E-state index in [1.165, 1.54) is 12.8 Å². The molecular formula is C20H23NO3. The zero-order valence-electron chi connectivity index (χ0n) is 14.2. The Morgan fingerprint density at radius 1 is 1.17 bits per heavy atom. The minimum Gasteiger partial charge on any atom is -0.493 e. The van der Waals surface area contributed by atoms with E-state index in [-0.39, 0.29) is 11.4 Å². The van der Waals surface area contributed by atoms with Crippen molar-refractivity contribution in [2.24, 2.45) is 0 Å². The van der Waals surface area contributed by atoms with Crippen LogP contribution in [-0.2, 0) is 16.6 Å². The van der Waals surface area contributed by atoms with Gasteiger partial charge in [0, 0.05) is 24.8 Å². The lowest BCUT2D eigenvalue weighted by Gasteiger charge is -2.32. The van der Waals surface area contributed by atoms with Crippen LogP contribution in [0.3, 0.4) is 0 Å². The van der Waals surface area contributed by atoms with E-state index < -0.39 is 5.41 Å². The highest BCUT2D eigenvalue weighted by Crippen LogP contribution is 2.53. The van der Waals surface area contributed by atoms with E-state index >= 15 is 0 Å². The average Bonchev–Trinajstić information content (AvgIpc) is 3.22. The van der Waals surface area contributed by atoms with E-state index in [1.807, 2.05) is 12.1 Å². The van der Waals surface area contributed by atoms with Crippen molar-refractivity contribution in [1.29, 1.82) is 5.26 Å². The fraction of sp³-hybridized carbons (Fsp3) is 0.600. The summed E-state index contributed by atoms with van der Waals surface area (Å²) in [6.07, 6.45) is 7.65. The van der Waals surface area contributed by atoms with Gasteiger partial charge in [-0.2, -0.15) is 5.26 Å². The van der Waals surface area contributed by atoms with Crippen molar-refractivity contribution in [3.05, 3.63) is 23.3 Å². The van der Waals surface area contributed by atoms with E-state index in [0.29, 0.717) is 25.7 Å². The predicted molar refractivity (Wildman–Crippen MR) is 89.3 cm³/mol. The lowest BCUT2D eigenvalue weighted by atomic mass is 9.68. The van der Waals surface area contributed by atoms with Crippen LogP contribution < -0.4 is 9.47 Å². The summed E-state index contributed by atoms with van der Waals surface area (Å²) in [5.74, 6) is 1.87. The summed E-state index contributed by atoms with van der Waals surface area (Å²) in [6.45, 7) is 0. The maximum absolute atomic E-state index is 11.7. The highest BCUT2D eigenvalue weighted by molar-refractivity contribution is 5.80. The summed E-state index contributed by atoms with van der Waals surface area (Å²) in [4.78, 5) is 11.7. The summed E-state index contributed by atoms with van der Waals surface area (Å²) in [7, 11) is 1.66. The second-order valence-electron chi connectivity index (χ2n) is 7.52. The molecule has 0 saturated heterocycles. The van der Waals surface area contributed by atoms with Gasteiger partial charge in [0.2, 0.25) is 0 Å². The van der Waals surface area contributed by atoms with Crippen LogP contribution in [-0.4, -0.2) is 18.5 Å². The molecule has 4 nitrogen and oxygen atoms in total. The number of hydrogen-bond donors (Lipinski definition) is 0. The number of carbonyl (C=O) groups excluding carboxylic acids is 1. The van der Waals surface area contributed by atoms with Crippen LogP contribution in [0.4, 0.5) is 0 Å². The zero-order chi connectivity index (χ0) is 16.8. The monoisotopic (exact) mass is 325 g/mol. The van der Waals surface area contributed by atoms with Gasteiger partial charge < -0.3 is 9.47 Å². The summed E-state index contributed by atoms with van der Waals surface area (Å²) in [6, 6.07) is 6.52. The third-order valence-electron chi connectivity index (χ3n) is 6.17. The van der Waals surface area contributed by atoms with Gasteiger partial charge in [0.1, 0.15) is 11.4 Å². The smallest absolute Gasteiger partial charge is 0.165 e. The minimum absolute atomic E-state index is 0.104. The molecule has 2 aliphatic carbocycles. The Labute approximate surface area is 142 Å². The van der Waals surface area contributed by atoms with Gasteiger partial charge in [0.05, 0.1) is 18.6 Å². The molecule has 0 atom stereocenters. The zero-order valence-corrected chi connectivity index (χ0v) is 14.2. The van der Waals surface area contributed by atoms with E-state index in [0.717, 1.165) is 41.9 Å². The Kier molecular flexibility index (Phi) is 3.56. The van der Waals surface area contributed by atoms with Crippen LogP contribution in [0.15, 0.2) is 12.1 Å². The number of ketones is 1.